The fraction of sp³-hybridized carbons (Fsp3) is 0.340. The summed E-state index contributed by atoms with van der Waals surface area (Å²) in [5.41, 5.74) is 7.23. The van der Waals surface area contributed by atoms with E-state index in [2.05, 4.69) is 21.1 Å². The summed E-state index contributed by atoms with van der Waals surface area (Å²) in [6, 6.07) is 21.6. The summed E-state index contributed by atoms with van der Waals surface area (Å²) in [5, 5.41) is 13.0. The lowest BCUT2D eigenvalue weighted by Gasteiger charge is -2.31. The first-order chi connectivity index (χ1) is 28.7. The number of ketones is 1. The van der Waals surface area contributed by atoms with Gasteiger partial charge in [0.05, 0.1) is 22.7 Å². The van der Waals surface area contributed by atoms with E-state index in [0.29, 0.717) is 52.0 Å². The van der Waals surface area contributed by atoms with Gasteiger partial charge in [-0.3, -0.25) is 19.2 Å². The van der Waals surface area contributed by atoms with Crippen LogP contribution in [0.5, 0.6) is 0 Å². The molecule has 61 heavy (non-hydrogen) atoms. The molecule has 1 heterocycles. The van der Waals surface area contributed by atoms with Crippen LogP contribution in [0.4, 0.5) is 21.9 Å². The zero-order valence-electron chi connectivity index (χ0n) is 35.6. The van der Waals surface area contributed by atoms with Crippen LogP contribution in [-0.2, 0) is 30.8 Å². The maximum atomic E-state index is 14.4. The van der Waals surface area contributed by atoms with E-state index in [-0.39, 0.29) is 34.6 Å². The van der Waals surface area contributed by atoms with Crippen LogP contribution >= 0.6 is 11.6 Å². The average Bonchev–Trinajstić information content (AvgIpc) is 3.86. The number of fused-ring (bicyclic) bond motifs is 1. The zero-order valence-corrected chi connectivity index (χ0v) is 37.2. The van der Waals surface area contributed by atoms with Gasteiger partial charge in [-0.15, -0.1) is 0 Å². The van der Waals surface area contributed by atoms with Crippen LogP contribution < -0.4 is 14.9 Å². The number of hydrogen-bond donors (Lipinski definition) is 2. The highest BCUT2D eigenvalue weighted by Gasteiger charge is 2.40. The molecular weight excluding hydrogens is 814 g/mol. The Morgan fingerprint density at radius 1 is 0.967 bits per heavy atom. The van der Waals surface area contributed by atoms with E-state index in [4.69, 9.17) is 20.8 Å². The number of nitrogens with one attached hydrogen (secondary N) is 2. The fourth-order valence-electron chi connectivity index (χ4n) is 7.50. The lowest BCUT2D eigenvalue weighted by atomic mass is 9.87. The minimum Gasteiger partial charge on any atom is -0.435 e. The van der Waals surface area contributed by atoms with E-state index in [0.717, 1.165) is 41.4 Å². The van der Waals surface area contributed by atoms with Crippen molar-refractivity contribution in [1.82, 2.24) is 4.98 Å². The Bertz CT molecular complexity index is 2720. The van der Waals surface area contributed by atoms with Crippen molar-refractivity contribution in [2.75, 3.05) is 21.2 Å². The van der Waals surface area contributed by atoms with Gasteiger partial charge < -0.3 is 14.5 Å². The predicted octanol–water partition coefficient (Wildman–Crippen LogP) is 10.2. The molecule has 1 unspecified atom stereocenters. The third kappa shape index (κ3) is 10.7. The highest BCUT2D eigenvalue weighted by molar-refractivity contribution is 7.92. The van der Waals surface area contributed by atoms with Gasteiger partial charge in [0.1, 0.15) is 17.2 Å². The molecule has 2 amide bonds. The Hall–Kier alpha value is -5.97. The van der Waals surface area contributed by atoms with Gasteiger partial charge in [0.25, 0.3) is 5.91 Å². The van der Waals surface area contributed by atoms with Crippen molar-refractivity contribution in [3.05, 3.63) is 117 Å². The number of halogens is 1. The minimum absolute atomic E-state index is 0.182. The standard InChI is InChI=1S/C47H50ClN5O7S/c1-27-13-15-33(38(20-27)52-61(8,57)58)23-31-14-18-37(48)39(24-31)50-44(55)42(43(54)47(5,6)7)60-46(56)53(35-11-9-10-12-35)36-17-16-32(29(3)22-36)25-34(26-49)45-51-40-21-28(2)19-30(4)41(40)59-45/h13-22,24-25,35,42,52H,9-12,23H2,1-8H3,(H,50,55)/b34-25+. The largest absolute Gasteiger partial charge is 0.435 e. The number of benzene rings is 4. The molecule has 318 valence electrons. The highest BCUT2D eigenvalue weighted by atomic mass is 35.5. The summed E-state index contributed by atoms with van der Waals surface area (Å²) < 4.78 is 38.7. The van der Waals surface area contributed by atoms with Crippen LogP contribution in [-0.4, -0.2) is 49.6 Å². The molecule has 4 aromatic carbocycles. The Morgan fingerprint density at radius 3 is 2.34 bits per heavy atom. The van der Waals surface area contributed by atoms with Gasteiger partial charge in [0, 0.05) is 17.1 Å². The molecule has 1 fully saturated rings. The molecule has 0 radical (unpaired) electrons. The normalized spacial score (nSPS) is 14.1. The van der Waals surface area contributed by atoms with Crippen molar-refractivity contribution in [1.29, 1.82) is 5.26 Å². The van der Waals surface area contributed by atoms with Crippen LogP contribution in [0.15, 0.2) is 71.1 Å². The number of allylic oxidation sites excluding steroid dienone is 1. The number of ether oxygens (including phenoxy) is 1. The first-order valence-corrected chi connectivity index (χ1v) is 22.3. The highest BCUT2D eigenvalue weighted by Crippen LogP contribution is 2.34. The van der Waals surface area contributed by atoms with Crippen molar-refractivity contribution in [3.63, 3.8) is 0 Å². The molecule has 0 bridgehead atoms. The second-order valence-corrected chi connectivity index (χ2v) is 19.0. The second kappa shape index (κ2) is 17.9. The molecule has 1 aromatic heterocycles. The molecule has 6 rings (SSSR count). The van der Waals surface area contributed by atoms with E-state index in [1.165, 1.54) is 4.90 Å². The van der Waals surface area contributed by atoms with Crippen LogP contribution in [0.2, 0.25) is 5.02 Å². The molecule has 1 atom stereocenters. The minimum atomic E-state index is -3.56. The van der Waals surface area contributed by atoms with E-state index in [9.17, 15) is 28.1 Å². The van der Waals surface area contributed by atoms with Crippen molar-refractivity contribution >= 4 is 79.2 Å². The first kappa shape index (κ1) is 44.6. The number of anilines is 3. The summed E-state index contributed by atoms with van der Waals surface area (Å²) in [7, 11) is -3.56. The number of hydrogen-bond acceptors (Lipinski definition) is 9. The van der Waals surface area contributed by atoms with E-state index < -0.39 is 39.3 Å². The Morgan fingerprint density at radius 2 is 1.69 bits per heavy atom. The predicted molar refractivity (Wildman–Crippen MR) is 240 cm³/mol. The molecule has 1 aliphatic rings. The summed E-state index contributed by atoms with van der Waals surface area (Å²) in [4.78, 5) is 48.5. The van der Waals surface area contributed by atoms with Crippen molar-refractivity contribution in [3.8, 4) is 6.07 Å². The quantitative estimate of drug-likeness (QED) is 0.0915. The van der Waals surface area contributed by atoms with Crippen LogP contribution in [0, 0.1) is 44.4 Å². The maximum Gasteiger partial charge on any atom is 0.415 e. The molecule has 0 spiro atoms. The number of aromatic nitrogens is 1. The third-order valence-corrected chi connectivity index (χ3v) is 11.5. The van der Waals surface area contributed by atoms with E-state index in [1.54, 1.807) is 63.2 Å². The topological polar surface area (TPSA) is 172 Å². The number of sulfonamides is 1. The summed E-state index contributed by atoms with van der Waals surface area (Å²) in [6.45, 7) is 12.5. The van der Waals surface area contributed by atoms with Gasteiger partial charge in [0.15, 0.2) is 11.4 Å². The lowest BCUT2D eigenvalue weighted by molar-refractivity contribution is -0.142. The summed E-state index contributed by atoms with van der Waals surface area (Å²) in [6.07, 6.45) is 3.54. The van der Waals surface area contributed by atoms with Crippen LogP contribution in [0.3, 0.4) is 0 Å². The van der Waals surface area contributed by atoms with Gasteiger partial charge in [-0.25, -0.2) is 18.2 Å². The molecule has 5 aromatic rings. The molecule has 1 aliphatic carbocycles. The number of oxazole rings is 1. The number of nitriles is 1. The number of aryl methyl sites for hydroxylation is 4. The molecular formula is C47H50ClN5O7S. The van der Waals surface area contributed by atoms with Gasteiger partial charge in [-0.05, 0) is 128 Å². The van der Waals surface area contributed by atoms with Crippen molar-refractivity contribution in [2.24, 2.45) is 5.41 Å². The average molecular weight is 864 g/mol. The third-order valence-electron chi connectivity index (χ3n) is 10.6. The summed E-state index contributed by atoms with van der Waals surface area (Å²) in [5.74, 6) is -1.29. The van der Waals surface area contributed by atoms with Crippen LogP contribution in [0.25, 0.3) is 22.7 Å². The second-order valence-electron chi connectivity index (χ2n) is 16.9. The number of carbonyl (C=O) groups excluding carboxylic acids is 3. The SMILES string of the molecule is Cc1ccc(Cc2ccc(Cl)c(NC(=O)C(OC(=O)N(c3ccc(/C=C(\C#N)c4nc5cc(C)cc(C)c5o4)c(C)c3)C3CCCC3)C(=O)C(C)(C)C)c2)c(NS(C)(=O)=O)c1. The fourth-order valence-corrected chi connectivity index (χ4v) is 8.26. The molecule has 2 N–H and O–H groups in total. The molecule has 0 aliphatic heterocycles. The van der Waals surface area contributed by atoms with Gasteiger partial charge in [-0.1, -0.05) is 75.5 Å². The number of carbonyl (C=O) groups is 3. The Balaban J connectivity index is 1.27. The first-order valence-electron chi connectivity index (χ1n) is 20.0. The zero-order chi connectivity index (χ0) is 44.4. The molecule has 14 heteroatoms. The number of amides is 2. The molecule has 0 saturated heterocycles. The Labute approximate surface area is 362 Å². The van der Waals surface area contributed by atoms with E-state index in [1.807, 2.05) is 58.0 Å². The van der Waals surface area contributed by atoms with Gasteiger partial charge in [0.2, 0.25) is 22.0 Å². The number of nitrogens with zero attached hydrogens (tertiary/aromatic N) is 3. The molecule has 1 saturated carbocycles. The van der Waals surface area contributed by atoms with Crippen LogP contribution in [0.1, 0.15) is 91.3 Å². The van der Waals surface area contributed by atoms with Crippen molar-refractivity contribution in [2.45, 2.75) is 92.7 Å². The lowest BCUT2D eigenvalue weighted by Crippen LogP contribution is -2.48. The Kier molecular flexibility index (Phi) is 13.1. The van der Waals surface area contributed by atoms with Gasteiger partial charge in [-0.2, -0.15) is 5.26 Å². The monoisotopic (exact) mass is 863 g/mol. The number of rotatable bonds is 12. The van der Waals surface area contributed by atoms with Gasteiger partial charge >= 0.3 is 6.09 Å². The van der Waals surface area contributed by atoms with Crippen molar-refractivity contribution < 1.29 is 32.0 Å². The smallest absolute Gasteiger partial charge is 0.415 e. The van der Waals surface area contributed by atoms with E-state index >= 15 is 0 Å². The summed E-state index contributed by atoms with van der Waals surface area (Å²) >= 11 is 6.57. The number of Topliss-reactive ketones (excluding diaryl/α,β-unsaturated/α-hetero) is 1. The molecule has 12 nitrogen and oxygen atoms in total. The maximum absolute atomic E-state index is 14.4.